The molecule has 1 rings (SSSR count). The fourth-order valence-corrected chi connectivity index (χ4v) is 2.01. The highest BCUT2D eigenvalue weighted by atomic mass is 16.4. The van der Waals surface area contributed by atoms with Crippen LogP contribution in [0.25, 0.3) is 0 Å². The number of carboxylic acid groups (broad SMARTS) is 1. The number of quaternary nitrogens is 1. The van der Waals surface area contributed by atoms with Crippen molar-refractivity contribution in [3.63, 3.8) is 0 Å². The zero-order valence-corrected chi connectivity index (χ0v) is 10.8. The van der Waals surface area contributed by atoms with Crippen LogP contribution in [0.1, 0.15) is 15.9 Å². The normalized spacial score (nSPS) is 10.9. The molecule has 0 N–H and O–H groups in total. The van der Waals surface area contributed by atoms with Crippen molar-refractivity contribution in [2.24, 2.45) is 0 Å². The van der Waals surface area contributed by atoms with Gasteiger partial charge in [-0.15, -0.1) is 0 Å². The summed E-state index contributed by atoms with van der Waals surface area (Å²) in [6.07, 6.45) is 3.78. The molecule has 18 heavy (non-hydrogen) atoms. The summed E-state index contributed by atoms with van der Waals surface area (Å²) >= 11 is 0. The maximum Gasteiger partial charge on any atom is 0.105 e. The highest BCUT2D eigenvalue weighted by molar-refractivity contribution is 5.85. The van der Waals surface area contributed by atoms with Crippen molar-refractivity contribution in [2.75, 3.05) is 20.1 Å². The highest BCUT2D eigenvalue weighted by Crippen LogP contribution is 2.13. The van der Waals surface area contributed by atoms with Crippen molar-refractivity contribution in [3.05, 3.63) is 60.7 Å². The molecule has 0 amide bonds. The van der Waals surface area contributed by atoms with Gasteiger partial charge in [-0.25, -0.2) is 0 Å². The van der Waals surface area contributed by atoms with Crippen molar-refractivity contribution in [3.8, 4) is 0 Å². The Hall–Kier alpha value is -1.87. The smallest absolute Gasteiger partial charge is 0.105 e. The molecule has 0 aliphatic rings. The highest BCUT2D eigenvalue weighted by Gasteiger charge is 2.18. The van der Waals surface area contributed by atoms with Crippen LogP contribution in [0.3, 0.4) is 0 Å². The Labute approximate surface area is 108 Å². The van der Waals surface area contributed by atoms with Crippen molar-refractivity contribution >= 4 is 5.97 Å². The van der Waals surface area contributed by atoms with Crippen LogP contribution in [0.2, 0.25) is 0 Å². The average molecular weight is 245 g/mol. The van der Waals surface area contributed by atoms with Gasteiger partial charge in [-0.1, -0.05) is 37.4 Å². The Morgan fingerprint density at radius 1 is 1.22 bits per heavy atom. The Morgan fingerprint density at radius 2 is 1.72 bits per heavy atom. The van der Waals surface area contributed by atoms with Crippen LogP contribution in [-0.2, 0) is 6.54 Å². The summed E-state index contributed by atoms with van der Waals surface area (Å²) in [5.74, 6) is -1.14. The van der Waals surface area contributed by atoms with Gasteiger partial charge >= 0.3 is 0 Å². The molecule has 0 heterocycles. The van der Waals surface area contributed by atoms with Gasteiger partial charge in [0.25, 0.3) is 0 Å². The van der Waals surface area contributed by atoms with Gasteiger partial charge in [-0.05, 0) is 17.7 Å². The van der Waals surface area contributed by atoms with Gasteiger partial charge in [0.05, 0.1) is 26.1 Å². The van der Waals surface area contributed by atoms with Gasteiger partial charge in [0.15, 0.2) is 0 Å². The molecule has 1 aromatic carbocycles. The van der Waals surface area contributed by atoms with Crippen molar-refractivity contribution in [2.45, 2.75) is 6.54 Å². The number of hydrogen-bond acceptors (Lipinski definition) is 2. The van der Waals surface area contributed by atoms with E-state index in [2.05, 4.69) is 20.2 Å². The molecule has 0 bridgehead atoms. The van der Waals surface area contributed by atoms with E-state index in [1.165, 1.54) is 0 Å². The van der Waals surface area contributed by atoms with Crippen LogP contribution in [0.4, 0.5) is 0 Å². The van der Waals surface area contributed by atoms with E-state index in [4.69, 9.17) is 0 Å². The van der Waals surface area contributed by atoms with E-state index >= 15 is 0 Å². The van der Waals surface area contributed by atoms with E-state index < -0.39 is 5.97 Å². The minimum Gasteiger partial charge on any atom is -0.545 e. The molecule has 0 radical (unpaired) electrons. The van der Waals surface area contributed by atoms with Crippen LogP contribution in [0.5, 0.6) is 0 Å². The summed E-state index contributed by atoms with van der Waals surface area (Å²) in [6.45, 7) is 10.0. The first kappa shape index (κ1) is 14.2. The fraction of sp³-hybridized carbons (Fsp3) is 0.267. The van der Waals surface area contributed by atoms with Crippen LogP contribution in [-0.4, -0.2) is 30.6 Å². The Kier molecular flexibility index (Phi) is 4.86. The fourth-order valence-electron chi connectivity index (χ4n) is 2.01. The van der Waals surface area contributed by atoms with Crippen LogP contribution >= 0.6 is 0 Å². The Balaban J connectivity index is 2.83. The molecule has 0 atom stereocenters. The predicted octanol–water partition coefficient (Wildman–Crippen LogP) is 1.37. The number of nitrogens with zero attached hydrogens (tertiary/aromatic N) is 1. The maximum absolute atomic E-state index is 10.7. The zero-order chi connectivity index (χ0) is 13.6. The largest absolute Gasteiger partial charge is 0.545 e. The number of likely N-dealkylation sites (N-methyl/N-ethyl adjacent to an activating group) is 1. The SMILES string of the molecule is C=CC[N+](C)(CC=C)Cc1ccc(C(=O)[O-])cc1. The molecule has 3 heteroatoms. The minimum atomic E-state index is -1.14. The summed E-state index contributed by atoms with van der Waals surface area (Å²) in [5.41, 5.74) is 1.30. The third-order valence-corrected chi connectivity index (χ3v) is 2.89. The van der Waals surface area contributed by atoms with Gasteiger partial charge in [0, 0.05) is 5.56 Å². The van der Waals surface area contributed by atoms with Gasteiger partial charge in [-0.3, -0.25) is 0 Å². The molecule has 0 aliphatic carbocycles. The van der Waals surface area contributed by atoms with E-state index in [9.17, 15) is 9.90 Å². The van der Waals surface area contributed by atoms with Crippen molar-refractivity contribution in [1.82, 2.24) is 0 Å². The lowest BCUT2D eigenvalue weighted by atomic mass is 10.1. The second-order valence-corrected chi connectivity index (χ2v) is 4.70. The summed E-state index contributed by atoms with van der Waals surface area (Å²) in [7, 11) is 2.12. The monoisotopic (exact) mass is 245 g/mol. The molecular formula is C15H19NO2. The third-order valence-electron chi connectivity index (χ3n) is 2.89. The quantitative estimate of drug-likeness (QED) is 0.537. The number of hydrogen-bond donors (Lipinski definition) is 0. The first-order valence-corrected chi connectivity index (χ1v) is 5.86. The van der Waals surface area contributed by atoms with Crippen molar-refractivity contribution < 1.29 is 14.4 Å². The second kappa shape index (κ2) is 6.17. The lowest BCUT2D eigenvalue weighted by Crippen LogP contribution is -2.43. The van der Waals surface area contributed by atoms with E-state index in [1.807, 2.05) is 24.3 Å². The number of carbonyl (C=O) groups excluding carboxylic acids is 1. The minimum absolute atomic E-state index is 0.209. The topological polar surface area (TPSA) is 40.1 Å². The first-order chi connectivity index (χ1) is 8.50. The van der Waals surface area contributed by atoms with E-state index in [0.717, 1.165) is 29.7 Å². The maximum atomic E-state index is 10.7. The predicted molar refractivity (Wildman–Crippen MR) is 70.8 cm³/mol. The number of aromatic carboxylic acids is 1. The lowest BCUT2D eigenvalue weighted by molar-refractivity contribution is -0.911. The van der Waals surface area contributed by atoms with Gasteiger partial charge < -0.3 is 14.4 Å². The summed E-state index contributed by atoms with van der Waals surface area (Å²) in [6, 6.07) is 6.81. The average Bonchev–Trinajstić information content (AvgIpc) is 2.30. The van der Waals surface area contributed by atoms with E-state index in [1.54, 1.807) is 12.1 Å². The number of carboxylic acids is 1. The molecule has 0 unspecified atom stereocenters. The standard InChI is InChI=1S/C15H19NO2/c1-4-10-16(3,11-5-2)12-13-6-8-14(9-7-13)15(17)18/h4-9H,1-2,10-12H2,3H3. The number of rotatable bonds is 7. The van der Waals surface area contributed by atoms with Crippen LogP contribution < -0.4 is 5.11 Å². The zero-order valence-electron chi connectivity index (χ0n) is 10.8. The van der Waals surface area contributed by atoms with Crippen LogP contribution in [0, 0.1) is 0 Å². The van der Waals surface area contributed by atoms with Gasteiger partial charge in [0.2, 0.25) is 0 Å². The first-order valence-electron chi connectivity index (χ1n) is 5.86. The van der Waals surface area contributed by atoms with E-state index in [-0.39, 0.29) is 5.56 Å². The van der Waals surface area contributed by atoms with E-state index in [0.29, 0.717) is 0 Å². The summed E-state index contributed by atoms with van der Waals surface area (Å²) in [5, 5.41) is 10.7. The Bertz CT molecular complexity index is 424. The summed E-state index contributed by atoms with van der Waals surface area (Å²) in [4.78, 5) is 10.7. The van der Waals surface area contributed by atoms with Gasteiger partial charge in [-0.2, -0.15) is 0 Å². The molecule has 1 aromatic rings. The van der Waals surface area contributed by atoms with Crippen LogP contribution in [0.15, 0.2) is 49.6 Å². The summed E-state index contributed by atoms with van der Waals surface area (Å²) < 4.78 is 0.775. The molecule has 96 valence electrons. The molecule has 0 aromatic heterocycles. The van der Waals surface area contributed by atoms with Crippen molar-refractivity contribution in [1.29, 1.82) is 0 Å². The molecule has 0 saturated carbocycles. The number of carbonyl (C=O) groups is 1. The molecule has 0 spiro atoms. The molecule has 0 fully saturated rings. The molecular weight excluding hydrogens is 226 g/mol. The molecule has 3 nitrogen and oxygen atoms in total. The van der Waals surface area contributed by atoms with Gasteiger partial charge in [0.1, 0.15) is 6.54 Å². The lowest BCUT2D eigenvalue weighted by Gasteiger charge is -2.32. The number of benzene rings is 1. The third kappa shape index (κ3) is 3.86. The Morgan fingerprint density at radius 3 is 2.11 bits per heavy atom. The molecule has 0 aliphatic heterocycles. The molecule has 0 saturated heterocycles. The second-order valence-electron chi connectivity index (χ2n) is 4.70.